The van der Waals surface area contributed by atoms with E-state index in [2.05, 4.69) is 9.90 Å². The maximum absolute atomic E-state index is 11.8. The number of aldehydes is 1. The first-order valence-electron chi connectivity index (χ1n) is 4.64. The van der Waals surface area contributed by atoms with Crippen molar-refractivity contribution in [3.63, 3.8) is 0 Å². The smallest absolute Gasteiger partial charge is 0.242 e. The normalized spacial score (nSPS) is 13.0. The Hall–Kier alpha value is -1.64. The highest BCUT2D eigenvalue weighted by Crippen LogP contribution is 2.22. The number of rotatable bonds is 6. The van der Waals surface area contributed by atoms with Crippen molar-refractivity contribution in [1.82, 2.24) is 4.72 Å². The lowest BCUT2D eigenvalue weighted by Gasteiger charge is -2.08. The molecule has 0 heterocycles. The summed E-state index contributed by atoms with van der Waals surface area (Å²) < 4.78 is 25.6. The van der Waals surface area contributed by atoms with Gasteiger partial charge in [0.05, 0.1) is 6.04 Å². The minimum absolute atomic E-state index is 0.195. The predicted molar refractivity (Wildman–Crippen MR) is 61.1 cm³/mol. The molecule has 0 aliphatic heterocycles. The number of nitrogens with one attached hydrogen (secondary N) is 1. The standard InChI is InChI=1S/C9H11N3O4S/c10-7(6-13)5-11-17(15,16)9-4-2-1-3-8(9)12-14/h1-4,6-7,11H,5,10H2/t7-/m0/s1. The molecule has 0 saturated heterocycles. The molecule has 92 valence electrons. The Balaban J connectivity index is 2.97. The molecule has 0 saturated carbocycles. The summed E-state index contributed by atoms with van der Waals surface area (Å²) in [5, 5.41) is 2.61. The summed E-state index contributed by atoms with van der Waals surface area (Å²) in [4.78, 5) is 20.5. The van der Waals surface area contributed by atoms with Gasteiger partial charge >= 0.3 is 0 Å². The summed E-state index contributed by atoms with van der Waals surface area (Å²) in [6, 6.07) is 4.55. The summed E-state index contributed by atoms with van der Waals surface area (Å²) >= 11 is 0. The monoisotopic (exact) mass is 257 g/mol. The van der Waals surface area contributed by atoms with Crippen molar-refractivity contribution >= 4 is 22.0 Å². The Morgan fingerprint density at radius 1 is 1.41 bits per heavy atom. The van der Waals surface area contributed by atoms with Crippen molar-refractivity contribution in [2.45, 2.75) is 10.9 Å². The molecular weight excluding hydrogens is 246 g/mol. The molecule has 0 amide bonds. The van der Waals surface area contributed by atoms with Crippen LogP contribution in [0.3, 0.4) is 0 Å². The van der Waals surface area contributed by atoms with Gasteiger partial charge in [0.15, 0.2) is 0 Å². The van der Waals surface area contributed by atoms with E-state index in [1.54, 1.807) is 0 Å². The van der Waals surface area contributed by atoms with Gasteiger partial charge in [-0.25, -0.2) is 13.1 Å². The SMILES string of the molecule is N[C@H](C=O)CNS(=O)(=O)c1ccccc1N=O. The molecule has 0 aliphatic rings. The lowest BCUT2D eigenvalue weighted by molar-refractivity contribution is -0.108. The van der Waals surface area contributed by atoms with Crippen molar-refractivity contribution in [3.05, 3.63) is 29.2 Å². The molecule has 1 rings (SSSR count). The van der Waals surface area contributed by atoms with Crippen LogP contribution < -0.4 is 10.5 Å². The summed E-state index contributed by atoms with van der Waals surface area (Å²) in [5.74, 6) is 0. The van der Waals surface area contributed by atoms with Crippen LogP contribution in [0.15, 0.2) is 34.3 Å². The third-order valence-corrected chi connectivity index (χ3v) is 3.41. The van der Waals surface area contributed by atoms with Crippen molar-refractivity contribution in [3.8, 4) is 0 Å². The highest BCUT2D eigenvalue weighted by Gasteiger charge is 2.19. The molecule has 8 heteroatoms. The van der Waals surface area contributed by atoms with Gasteiger partial charge in [-0.15, -0.1) is 4.91 Å². The zero-order valence-electron chi connectivity index (χ0n) is 8.74. The number of nitroso groups, excluding NO2 is 1. The lowest BCUT2D eigenvalue weighted by atomic mass is 10.3. The van der Waals surface area contributed by atoms with Crippen molar-refractivity contribution in [2.24, 2.45) is 10.9 Å². The Kier molecular flexibility index (Phi) is 4.44. The van der Waals surface area contributed by atoms with Gasteiger partial charge in [0.25, 0.3) is 0 Å². The van der Waals surface area contributed by atoms with Crippen molar-refractivity contribution in [2.75, 3.05) is 6.54 Å². The fourth-order valence-electron chi connectivity index (χ4n) is 1.09. The van der Waals surface area contributed by atoms with Gasteiger partial charge in [-0.3, -0.25) is 0 Å². The summed E-state index contributed by atoms with van der Waals surface area (Å²) in [6.07, 6.45) is 0.423. The van der Waals surface area contributed by atoms with Gasteiger partial charge in [0.1, 0.15) is 16.9 Å². The third-order valence-electron chi connectivity index (χ3n) is 1.94. The topological polar surface area (TPSA) is 119 Å². The average molecular weight is 257 g/mol. The zero-order chi connectivity index (χ0) is 12.9. The second kappa shape index (κ2) is 5.62. The van der Waals surface area contributed by atoms with E-state index in [0.717, 1.165) is 0 Å². The molecule has 17 heavy (non-hydrogen) atoms. The molecule has 7 nitrogen and oxygen atoms in total. The van der Waals surface area contributed by atoms with Gasteiger partial charge in [0, 0.05) is 6.54 Å². The number of hydrogen-bond acceptors (Lipinski definition) is 6. The van der Waals surface area contributed by atoms with Gasteiger partial charge in [0.2, 0.25) is 10.0 Å². The second-order valence-corrected chi connectivity index (χ2v) is 4.95. The van der Waals surface area contributed by atoms with Gasteiger partial charge in [-0.05, 0) is 17.3 Å². The second-order valence-electron chi connectivity index (χ2n) is 3.21. The quantitative estimate of drug-likeness (QED) is 0.544. The number of nitrogens with two attached hydrogens (primary N) is 1. The van der Waals surface area contributed by atoms with E-state index < -0.39 is 16.1 Å². The number of nitrogens with zero attached hydrogens (tertiary/aromatic N) is 1. The molecule has 0 aromatic heterocycles. The molecule has 0 radical (unpaired) electrons. The third kappa shape index (κ3) is 3.41. The van der Waals surface area contributed by atoms with Crippen LogP contribution in [0.4, 0.5) is 5.69 Å². The molecule has 3 N–H and O–H groups in total. The Bertz CT molecular complexity index is 515. The van der Waals surface area contributed by atoms with Gasteiger partial charge in [-0.1, -0.05) is 12.1 Å². The maximum atomic E-state index is 11.8. The summed E-state index contributed by atoms with van der Waals surface area (Å²) in [5.41, 5.74) is 5.05. The largest absolute Gasteiger partial charge is 0.321 e. The van der Waals surface area contributed by atoms with Crippen LogP contribution >= 0.6 is 0 Å². The maximum Gasteiger partial charge on any atom is 0.242 e. The van der Waals surface area contributed by atoms with Crippen LogP contribution in [0.2, 0.25) is 0 Å². The first kappa shape index (κ1) is 13.4. The fourth-order valence-corrected chi connectivity index (χ4v) is 2.30. The predicted octanol–water partition coefficient (Wildman–Crippen LogP) is -0.111. The average Bonchev–Trinajstić information content (AvgIpc) is 2.35. The molecule has 0 spiro atoms. The molecule has 1 atom stereocenters. The van der Waals surface area contributed by atoms with E-state index in [4.69, 9.17) is 5.73 Å². The fraction of sp³-hybridized carbons (Fsp3) is 0.222. The van der Waals surface area contributed by atoms with Gasteiger partial charge in [-0.2, -0.15) is 0 Å². The number of hydrogen-bond donors (Lipinski definition) is 2. The Morgan fingerprint density at radius 3 is 2.65 bits per heavy atom. The Morgan fingerprint density at radius 2 is 2.06 bits per heavy atom. The molecule has 1 aromatic carbocycles. The van der Waals surface area contributed by atoms with Crippen LogP contribution in [0.25, 0.3) is 0 Å². The van der Waals surface area contributed by atoms with Crippen LogP contribution in [0, 0.1) is 4.91 Å². The van der Waals surface area contributed by atoms with E-state index in [0.29, 0.717) is 6.29 Å². The van der Waals surface area contributed by atoms with E-state index in [-0.39, 0.29) is 17.1 Å². The Labute approximate surface area is 98.0 Å². The number of benzene rings is 1. The highest BCUT2D eigenvalue weighted by molar-refractivity contribution is 7.89. The van der Waals surface area contributed by atoms with Crippen LogP contribution in [-0.2, 0) is 14.8 Å². The first-order chi connectivity index (χ1) is 8.01. The first-order valence-corrected chi connectivity index (χ1v) is 6.12. The highest BCUT2D eigenvalue weighted by atomic mass is 32.2. The molecule has 0 aliphatic carbocycles. The van der Waals surface area contributed by atoms with E-state index in [1.807, 2.05) is 0 Å². The van der Waals surface area contributed by atoms with Crippen molar-refractivity contribution < 1.29 is 13.2 Å². The van der Waals surface area contributed by atoms with Crippen LogP contribution in [0.1, 0.15) is 0 Å². The van der Waals surface area contributed by atoms with Crippen molar-refractivity contribution in [1.29, 1.82) is 0 Å². The van der Waals surface area contributed by atoms with E-state index >= 15 is 0 Å². The lowest BCUT2D eigenvalue weighted by Crippen LogP contribution is -2.38. The minimum atomic E-state index is -3.89. The van der Waals surface area contributed by atoms with E-state index in [1.165, 1.54) is 24.3 Å². The molecule has 0 unspecified atom stereocenters. The molecule has 0 fully saturated rings. The van der Waals surface area contributed by atoms with Crippen LogP contribution in [-0.4, -0.2) is 27.3 Å². The number of carbonyl (C=O) groups is 1. The van der Waals surface area contributed by atoms with Crippen LogP contribution in [0.5, 0.6) is 0 Å². The summed E-state index contributed by atoms with van der Waals surface area (Å²) in [7, 11) is -3.89. The number of sulfonamides is 1. The minimum Gasteiger partial charge on any atom is -0.321 e. The molecule has 0 bridgehead atoms. The summed E-state index contributed by atoms with van der Waals surface area (Å²) in [6.45, 7) is -0.237. The zero-order valence-corrected chi connectivity index (χ0v) is 9.55. The number of carbonyl (C=O) groups excluding carboxylic acids is 1. The molecule has 1 aromatic rings. The molecular formula is C9H11N3O4S. The van der Waals surface area contributed by atoms with Gasteiger partial charge < -0.3 is 10.5 Å². The van der Waals surface area contributed by atoms with E-state index in [9.17, 15) is 18.1 Å².